The molecule has 13 heavy (non-hydrogen) atoms. The van der Waals surface area contributed by atoms with Gasteiger partial charge in [0.2, 0.25) is 5.90 Å². The summed E-state index contributed by atoms with van der Waals surface area (Å²) in [6.07, 6.45) is 2.91. The van der Waals surface area contributed by atoms with Crippen molar-refractivity contribution in [3.05, 3.63) is 11.8 Å². The number of hydrogen-bond donors (Lipinski definition) is 0. The molecular formula is C10H17NO2. The first kappa shape index (κ1) is 10.3. The molecule has 3 nitrogen and oxygen atoms in total. The zero-order valence-electron chi connectivity index (χ0n) is 8.70. The Morgan fingerprint density at radius 3 is 2.77 bits per heavy atom. The quantitative estimate of drug-likeness (QED) is 0.656. The van der Waals surface area contributed by atoms with Gasteiger partial charge in [-0.3, -0.25) is 0 Å². The number of nitrogens with zero attached hydrogens (tertiary/aromatic N) is 1. The van der Waals surface area contributed by atoms with Gasteiger partial charge in [-0.05, 0) is 20.8 Å². The highest BCUT2D eigenvalue weighted by atomic mass is 16.5. The number of methoxy groups -OCH3 is 1. The zero-order chi connectivity index (χ0) is 9.84. The first-order chi connectivity index (χ1) is 6.13. The van der Waals surface area contributed by atoms with Crippen LogP contribution in [0.2, 0.25) is 0 Å². The third-order valence-corrected chi connectivity index (χ3v) is 1.84. The van der Waals surface area contributed by atoms with Crippen LogP contribution < -0.4 is 0 Å². The molecule has 0 amide bonds. The van der Waals surface area contributed by atoms with Crippen LogP contribution in [0.25, 0.3) is 0 Å². The average molecular weight is 183 g/mol. The van der Waals surface area contributed by atoms with Gasteiger partial charge in [-0.25, -0.2) is 4.99 Å². The fraction of sp³-hybridized carbons (Fsp3) is 0.700. The van der Waals surface area contributed by atoms with Crippen LogP contribution >= 0.6 is 0 Å². The summed E-state index contributed by atoms with van der Waals surface area (Å²) in [6, 6.07) is 0. The molecule has 1 unspecified atom stereocenters. The summed E-state index contributed by atoms with van der Waals surface area (Å²) in [6.45, 7) is 6.08. The Morgan fingerprint density at radius 1 is 1.54 bits per heavy atom. The van der Waals surface area contributed by atoms with Gasteiger partial charge in [0.25, 0.3) is 0 Å². The van der Waals surface area contributed by atoms with E-state index in [0.717, 1.165) is 6.42 Å². The van der Waals surface area contributed by atoms with Gasteiger partial charge in [-0.15, -0.1) is 0 Å². The van der Waals surface area contributed by atoms with Crippen molar-refractivity contribution >= 4 is 5.90 Å². The molecule has 0 bridgehead atoms. The van der Waals surface area contributed by atoms with E-state index in [1.165, 1.54) is 5.57 Å². The van der Waals surface area contributed by atoms with Crippen LogP contribution in [0.1, 0.15) is 27.2 Å². The lowest BCUT2D eigenvalue weighted by molar-refractivity contribution is 0.0341. The topological polar surface area (TPSA) is 30.8 Å². The van der Waals surface area contributed by atoms with E-state index in [1.807, 2.05) is 27.0 Å². The second-order valence-corrected chi connectivity index (χ2v) is 3.52. The molecule has 1 rings (SSSR count). The molecule has 0 aromatic rings. The smallest absolute Gasteiger partial charge is 0.218 e. The molecule has 0 radical (unpaired) electrons. The van der Waals surface area contributed by atoms with Gasteiger partial charge in [0.1, 0.15) is 6.10 Å². The molecule has 1 heterocycles. The molecule has 0 saturated heterocycles. The molecule has 1 aliphatic rings. The van der Waals surface area contributed by atoms with Crippen molar-refractivity contribution in [1.82, 2.24) is 0 Å². The molecule has 0 saturated carbocycles. The summed E-state index contributed by atoms with van der Waals surface area (Å²) >= 11 is 0. The van der Waals surface area contributed by atoms with E-state index in [4.69, 9.17) is 9.47 Å². The monoisotopic (exact) mass is 183 g/mol. The normalized spacial score (nSPS) is 22.7. The van der Waals surface area contributed by atoms with Crippen LogP contribution in [0.4, 0.5) is 0 Å². The maximum absolute atomic E-state index is 5.67. The lowest BCUT2D eigenvalue weighted by atomic mass is 10.1. The summed E-state index contributed by atoms with van der Waals surface area (Å²) < 4.78 is 10.8. The van der Waals surface area contributed by atoms with Crippen LogP contribution in [-0.4, -0.2) is 25.2 Å². The SMILES string of the molecule is COC1=NC=C(C)CC1OC(C)C. The third-order valence-electron chi connectivity index (χ3n) is 1.84. The third kappa shape index (κ3) is 2.84. The first-order valence-corrected chi connectivity index (χ1v) is 4.56. The molecule has 74 valence electrons. The lowest BCUT2D eigenvalue weighted by Crippen LogP contribution is -2.30. The summed E-state index contributed by atoms with van der Waals surface area (Å²) in [7, 11) is 1.63. The molecule has 3 heteroatoms. The molecule has 1 atom stereocenters. The van der Waals surface area contributed by atoms with Gasteiger partial charge in [0.05, 0.1) is 13.2 Å². The number of rotatable bonds is 2. The maximum atomic E-state index is 5.67. The van der Waals surface area contributed by atoms with Crippen LogP contribution in [0.5, 0.6) is 0 Å². The summed E-state index contributed by atoms with van der Waals surface area (Å²) in [5.74, 6) is 0.680. The van der Waals surface area contributed by atoms with E-state index in [1.54, 1.807) is 7.11 Å². The molecule has 0 fully saturated rings. The minimum atomic E-state index is -0.00463. The van der Waals surface area contributed by atoms with Gasteiger partial charge in [0.15, 0.2) is 0 Å². The number of aliphatic imine (C=N–C) groups is 1. The second kappa shape index (κ2) is 4.42. The van der Waals surface area contributed by atoms with Crippen molar-refractivity contribution in [3.63, 3.8) is 0 Å². The van der Waals surface area contributed by atoms with E-state index in [-0.39, 0.29) is 12.2 Å². The molecule has 0 spiro atoms. The van der Waals surface area contributed by atoms with E-state index in [9.17, 15) is 0 Å². The summed E-state index contributed by atoms with van der Waals surface area (Å²) in [5, 5.41) is 0. The van der Waals surface area contributed by atoms with Crippen molar-refractivity contribution in [2.45, 2.75) is 39.4 Å². The highest BCUT2D eigenvalue weighted by Gasteiger charge is 2.21. The van der Waals surface area contributed by atoms with Crippen molar-refractivity contribution in [2.75, 3.05) is 7.11 Å². The van der Waals surface area contributed by atoms with Crippen LogP contribution in [-0.2, 0) is 9.47 Å². The van der Waals surface area contributed by atoms with Gasteiger partial charge in [-0.2, -0.15) is 0 Å². The summed E-state index contributed by atoms with van der Waals surface area (Å²) in [4.78, 5) is 4.17. The van der Waals surface area contributed by atoms with Crippen LogP contribution in [0.3, 0.4) is 0 Å². The highest BCUT2D eigenvalue weighted by Crippen LogP contribution is 2.17. The Kier molecular flexibility index (Phi) is 3.48. The largest absolute Gasteiger partial charge is 0.482 e. The Morgan fingerprint density at radius 2 is 2.23 bits per heavy atom. The van der Waals surface area contributed by atoms with Crippen LogP contribution in [0.15, 0.2) is 16.8 Å². The van der Waals surface area contributed by atoms with Crippen molar-refractivity contribution in [2.24, 2.45) is 4.99 Å². The average Bonchev–Trinajstić information content (AvgIpc) is 2.03. The molecule has 0 N–H and O–H groups in total. The Bertz CT molecular complexity index is 231. The van der Waals surface area contributed by atoms with E-state index in [0.29, 0.717) is 5.90 Å². The fourth-order valence-corrected chi connectivity index (χ4v) is 1.31. The second-order valence-electron chi connectivity index (χ2n) is 3.52. The lowest BCUT2D eigenvalue weighted by Gasteiger charge is -2.23. The maximum Gasteiger partial charge on any atom is 0.218 e. The van der Waals surface area contributed by atoms with E-state index >= 15 is 0 Å². The van der Waals surface area contributed by atoms with E-state index < -0.39 is 0 Å². The van der Waals surface area contributed by atoms with Gasteiger partial charge >= 0.3 is 0 Å². The zero-order valence-corrected chi connectivity index (χ0v) is 8.70. The van der Waals surface area contributed by atoms with Crippen molar-refractivity contribution in [1.29, 1.82) is 0 Å². The fourth-order valence-electron chi connectivity index (χ4n) is 1.31. The highest BCUT2D eigenvalue weighted by molar-refractivity contribution is 5.82. The molecule has 0 aromatic carbocycles. The van der Waals surface area contributed by atoms with Crippen LogP contribution in [0, 0.1) is 0 Å². The van der Waals surface area contributed by atoms with Gasteiger partial charge in [0, 0.05) is 12.6 Å². The predicted molar refractivity (Wildman–Crippen MR) is 52.8 cm³/mol. The predicted octanol–water partition coefficient (Wildman–Crippen LogP) is 2.13. The van der Waals surface area contributed by atoms with Gasteiger partial charge in [-0.1, -0.05) is 5.57 Å². The van der Waals surface area contributed by atoms with Gasteiger partial charge < -0.3 is 9.47 Å². The Labute approximate surface area is 79.5 Å². The Hall–Kier alpha value is -0.830. The standard InChI is InChI=1S/C10H17NO2/c1-7(2)13-9-5-8(3)6-11-10(9)12-4/h6-7,9H,5H2,1-4H3. The Balaban J connectivity index is 2.64. The minimum absolute atomic E-state index is 0.00463. The summed E-state index contributed by atoms with van der Waals surface area (Å²) in [5.41, 5.74) is 1.23. The minimum Gasteiger partial charge on any atom is -0.482 e. The molecular weight excluding hydrogens is 166 g/mol. The molecule has 0 aliphatic carbocycles. The van der Waals surface area contributed by atoms with E-state index in [2.05, 4.69) is 4.99 Å². The number of ether oxygens (including phenoxy) is 2. The number of hydrogen-bond acceptors (Lipinski definition) is 3. The van der Waals surface area contributed by atoms with Crippen molar-refractivity contribution in [3.8, 4) is 0 Å². The first-order valence-electron chi connectivity index (χ1n) is 4.56. The van der Waals surface area contributed by atoms with Crippen molar-refractivity contribution < 1.29 is 9.47 Å². The molecule has 1 aliphatic heterocycles. The molecule has 0 aromatic heterocycles.